The first-order chi connectivity index (χ1) is 24.3. The van der Waals surface area contributed by atoms with Gasteiger partial charge in [0.2, 0.25) is 0 Å². The van der Waals surface area contributed by atoms with Crippen LogP contribution in [-0.4, -0.2) is 4.57 Å². The fraction of sp³-hybridized carbons (Fsp3) is 0. The van der Waals surface area contributed by atoms with E-state index >= 15 is 0 Å². The van der Waals surface area contributed by atoms with Crippen molar-refractivity contribution in [2.75, 3.05) is 4.90 Å². The van der Waals surface area contributed by atoms with Gasteiger partial charge in [-0.3, -0.25) is 0 Å². The summed E-state index contributed by atoms with van der Waals surface area (Å²) in [7, 11) is 0. The van der Waals surface area contributed by atoms with Gasteiger partial charge in [-0.05, 0) is 89.1 Å². The molecule has 3 nitrogen and oxygen atoms in total. The minimum atomic E-state index is 0.883. The topological polar surface area (TPSA) is 21.3 Å². The molecule has 0 amide bonds. The van der Waals surface area contributed by atoms with Crippen LogP contribution in [0.15, 0.2) is 186 Å². The molecule has 49 heavy (non-hydrogen) atoms. The molecule has 0 spiro atoms. The Morgan fingerprint density at radius 3 is 1.98 bits per heavy atom. The van der Waals surface area contributed by atoms with E-state index in [4.69, 9.17) is 4.42 Å². The van der Waals surface area contributed by atoms with Gasteiger partial charge >= 0.3 is 0 Å². The maximum Gasteiger partial charge on any atom is 0.135 e. The fourth-order valence-corrected chi connectivity index (χ4v) is 7.59. The van der Waals surface area contributed by atoms with Gasteiger partial charge in [0.25, 0.3) is 0 Å². The van der Waals surface area contributed by atoms with Gasteiger partial charge in [-0.2, -0.15) is 0 Å². The first kappa shape index (κ1) is 27.5. The number of para-hydroxylation sites is 4. The lowest BCUT2D eigenvalue weighted by Gasteiger charge is -2.28. The van der Waals surface area contributed by atoms with E-state index in [0.29, 0.717) is 0 Å². The standard InChI is InChI=1S/C46H30N2O/c1-3-15-34(16-4-1)47(36-25-28-44-39(30-36)37-19-10-12-22-43(37)49-44)41-26-27-42-46(45(41)33-24-23-31-13-7-8-14-32(31)29-33)38-20-9-11-21-40(38)48(42)35-17-5-2-6-18-35/h1-30H. The molecular formula is C46H30N2O. The van der Waals surface area contributed by atoms with E-state index in [2.05, 4.69) is 179 Å². The summed E-state index contributed by atoms with van der Waals surface area (Å²) in [5.41, 5.74) is 10.9. The highest BCUT2D eigenvalue weighted by Crippen LogP contribution is 2.48. The van der Waals surface area contributed by atoms with Crippen molar-refractivity contribution in [3.63, 3.8) is 0 Å². The van der Waals surface area contributed by atoms with Crippen molar-refractivity contribution < 1.29 is 4.42 Å². The number of nitrogens with zero attached hydrogens (tertiary/aromatic N) is 2. The Morgan fingerprint density at radius 2 is 1.12 bits per heavy atom. The second-order valence-electron chi connectivity index (χ2n) is 12.6. The maximum absolute atomic E-state index is 6.26. The van der Waals surface area contributed by atoms with Crippen LogP contribution < -0.4 is 4.90 Å². The number of benzene rings is 8. The monoisotopic (exact) mass is 626 g/mol. The number of hydrogen-bond donors (Lipinski definition) is 0. The Morgan fingerprint density at radius 1 is 0.429 bits per heavy atom. The zero-order chi connectivity index (χ0) is 32.3. The van der Waals surface area contributed by atoms with E-state index in [0.717, 1.165) is 44.7 Å². The summed E-state index contributed by atoms with van der Waals surface area (Å²) >= 11 is 0. The van der Waals surface area contributed by atoms with Crippen LogP contribution >= 0.6 is 0 Å². The molecule has 0 saturated carbocycles. The summed E-state index contributed by atoms with van der Waals surface area (Å²) in [6, 6.07) is 65.1. The Bertz CT molecular complexity index is 2830. The molecule has 3 heteroatoms. The van der Waals surface area contributed by atoms with Crippen molar-refractivity contribution in [2.24, 2.45) is 0 Å². The van der Waals surface area contributed by atoms with Crippen molar-refractivity contribution in [3.8, 4) is 16.8 Å². The minimum absolute atomic E-state index is 0.883. The fourth-order valence-electron chi connectivity index (χ4n) is 7.59. The summed E-state index contributed by atoms with van der Waals surface area (Å²) in [5, 5.41) is 7.10. The third kappa shape index (κ3) is 4.37. The van der Waals surface area contributed by atoms with Gasteiger partial charge in [0.15, 0.2) is 0 Å². The largest absolute Gasteiger partial charge is 0.456 e. The van der Waals surface area contributed by atoms with Crippen LogP contribution in [0.5, 0.6) is 0 Å². The lowest BCUT2D eigenvalue weighted by molar-refractivity contribution is 0.669. The molecule has 2 heterocycles. The highest BCUT2D eigenvalue weighted by molar-refractivity contribution is 6.19. The number of hydrogen-bond acceptors (Lipinski definition) is 2. The Hall–Kier alpha value is -6.58. The molecule has 0 bridgehead atoms. The third-order valence-corrected chi connectivity index (χ3v) is 9.74. The molecule has 0 atom stereocenters. The van der Waals surface area contributed by atoms with Crippen LogP contribution in [-0.2, 0) is 0 Å². The van der Waals surface area contributed by atoms with Crippen LogP contribution in [0.1, 0.15) is 0 Å². The van der Waals surface area contributed by atoms with Crippen molar-refractivity contribution >= 4 is 71.6 Å². The molecule has 2 aromatic heterocycles. The maximum atomic E-state index is 6.26. The molecule has 0 aliphatic carbocycles. The summed E-state index contributed by atoms with van der Waals surface area (Å²) < 4.78 is 8.66. The van der Waals surface area contributed by atoms with E-state index in [-0.39, 0.29) is 0 Å². The predicted octanol–water partition coefficient (Wildman–Crippen LogP) is 13.0. The van der Waals surface area contributed by atoms with Crippen molar-refractivity contribution in [1.82, 2.24) is 4.57 Å². The SMILES string of the molecule is c1ccc(N(c2ccc3oc4ccccc4c3c2)c2ccc3c(c2-c2ccc4ccccc4c2)c2ccccc2n3-c2ccccc2)cc1. The van der Waals surface area contributed by atoms with Crippen LogP contribution in [0.25, 0.3) is 71.3 Å². The molecule has 230 valence electrons. The van der Waals surface area contributed by atoms with Gasteiger partial charge in [-0.25, -0.2) is 0 Å². The van der Waals surface area contributed by atoms with Crippen LogP contribution in [0, 0.1) is 0 Å². The molecule has 10 aromatic rings. The smallest absolute Gasteiger partial charge is 0.135 e. The molecular weight excluding hydrogens is 597 g/mol. The Balaban J connectivity index is 1.34. The van der Waals surface area contributed by atoms with Gasteiger partial charge < -0.3 is 13.9 Å². The number of furan rings is 1. The number of rotatable bonds is 5. The second kappa shape index (κ2) is 11.0. The average Bonchev–Trinajstić information content (AvgIpc) is 3.71. The van der Waals surface area contributed by atoms with Gasteiger partial charge in [-0.15, -0.1) is 0 Å². The molecule has 0 aliphatic heterocycles. The summed E-state index contributed by atoms with van der Waals surface area (Å²) in [6.45, 7) is 0. The number of aromatic nitrogens is 1. The van der Waals surface area contributed by atoms with Crippen LogP contribution in [0.3, 0.4) is 0 Å². The molecule has 0 unspecified atom stereocenters. The summed E-state index contributed by atoms with van der Waals surface area (Å²) in [6.07, 6.45) is 0. The van der Waals surface area contributed by atoms with Crippen molar-refractivity contribution in [3.05, 3.63) is 182 Å². The molecule has 0 radical (unpaired) electrons. The number of anilines is 3. The van der Waals surface area contributed by atoms with Crippen LogP contribution in [0.2, 0.25) is 0 Å². The zero-order valence-electron chi connectivity index (χ0n) is 26.6. The second-order valence-corrected chi connectivity index (χ2v) is 12.6. The summed E-state index contributed by atoms with van der Waals surface area (Å²) in [5.74, 6) is 0. The first-order valence-corrected chi connectivity index (χ1v) is 16.7. The van der Waals surface area contributed by atoms with Gasteiger partial charge in [0, 0.05) is 44.2 Å². The molecule has 0 aliphatic rings. The van der Waals surface area contributed by atoms with Gasteiger partial charge in [0.1, 0.15) is 11.2 Å². The molecule has 8 aromatic carbocycles. The zero-order valence-corrected chi connectivity index (χ0v) is 26.6. The lowest BCUT2D eigenvalue weighted by atomic mass is 9.94. The summed E-state index contributed by atoms with van der Waals surface area (Å²) in [4.78, 5) is 2.40. The van der Waals surface area contributed by atoms with Crippen molar-refractivity contribution in [1.29, 1.82) is 0 Å². The Kier molecular flexibility index (Phi) is 6.18. The average molecular weight is 627 g/mol. The minimum Gasteiger partial charge on any atom is -0.456 e. The van der Waals surface area contributed by atoms with Gasteiger partial charge in [-0.1, -0.05) is 109 Å². The highest BCUT2D eigenvalue weighted by Gasteiger charge is 2.24. The van der Waals surface area contributed by atoms with E-state index in [1.807, 2.05) is 12.1 Å². The van der Waals surface area contributed by atoms with E-state index in [1.54, 1.807) is 0 Å². The highest BCUT2D eigenvalue weighted by atomic mass is 16.3. The normalized spacial score (nSPS) is 11.7. The first-order valence-electron chi connectivity index (χ1n) is 16.7. The quantitative estimate of drug-likeness (QED) is 0.190. The van der Waals surface area contributed by atoms with Crippen LogP contribution in [0.4, 0.5) is 17.1 Å². The van der Waals surface area contributed by atoms with E-state index in [1.165, 1.54) is 43.7 Å². The molecule has 10 rings (SSSR count). The number of fused-ring (bicyclic) bond motifs is 7. The van der Waals surface area contributed by atoms with E-state index in [9.17, 15) is 0 Å². The predicted molar refractivity (Wildman–Crippen MR) is 206 cm³/mol. The Labute approximate surface area is 283 Å². The molecule has 0 N–H and O–H groups in total. The van der Waals surface area contributed by atoms with Gasteiger partial charge in [0.05, 0.1) is 16.7 Å². The molecule has 0 fully saturated rings. The lowest BCUT2D eigenvalue weighted by Crippen LogP contribution is -2.11. The third-order valence-electron chi connectivity index (χ3n) is 9.74. The molecule has 0 saturated heterocycles. The van der Waals surface area contributed by atoms with E-state index < -0.39 is 0 Å². The van der Waals surface area contributed by atoms with Crippen molar-refractivity contribution in [2.45, 2.75) is 0 Å².